The third-order valence-electron chi connectivity index (χ3n) is 0. The van der Waals surface area contributed by atoms with Gasteiger partial charge in [-0.2, -0.15) is 0 Å². The summed E-state index contributed by atoms with van der Waals surface area (Å²) in [5.74, 6) is 0. The molecular formula is H15NNa2O5. The van der Waals surface area contributed by atoms with Crippen LogP contribution in [0.5, 0.6) is 0 Å². The quantitative estimate of drug-likeness (QED) is 0.335. The molecule has 0 aliphatic heterocycles. The summed E-state index contributed by atoms with van der Waals surface area (Å²) in [6, 6.07) is 0. The first-order valence-corrected chi connectivity index (χ1v) is 0. The van der Waals surface area contributed by atoms with Crippen LogP contribution in [0.15, 0.2) is 0 Å². The molecule has 0 saturated heterocycles. The van der Waals surface area contributed by atoms with Crippen LogP contribution in [0.25, 0.3) is 0 Å². The molecule has 0 aliphatic rings. The van der Waals surface area contributed by atoms with Gasteiger partial charge in [0.25, 0.3) is 0 Å². The number of rotatable bonds is 0. The Bertz CT molecular complexity index is 10.4. The van der Waals surface area contributed by atoms with Crippen molar-refractivity contribution < 1.29 is 27.4 Å². The van der Waals surface area contributed by atoms with Crippen molar-refractivity contribution >= 4 is 59.1 Å². The van der Waals surface area contributed by atoms with Crippen molar-refractivity contribution in [2.24, 2.45) is 0 Å². The monoisotopic (exact) mass is 155 g/mol. The van der Waals surface area contributed by atoms with Crippen molar-refractivity contribution in [1.29, 1.82) is 0 Å². The normalized spacial score (nSPS) is 0. The molecule has 0 heterocycles. The summed E-state index contributed by atoms with van der Waals surface area (Å²) in [5.41, 5.74) is 0. The van der Waals surface area contributed by atoms with Gasteiger partial charge in [-0.1, -0.05) is 0 Å². The second-order valence-electron chi connectivity index (χ2n) is 0. The molecule has 0 atom stereocenters. The minimum absolute atomic E-state index is 0. The summed E-state index contributed by atoms with van der Waals surface area (Å²) >= 11 is 0. The molecule has 0 aliphatic carbocycles. The number of hydrogen-bond donors (Lipinski definition) is 1. The Labute approximate surface area is 91.7 Å². The fourth-order valence-electron chi connectivity index (χ4n) is 0. The first kappa shape index (κ1) is 242. The van der Waals surface area contributed by atoms with E-state index in [9.17, 15) is 0 Å². The molecule has 8 heteroatoms. The Kier molecular flexibility index (Phi) is 5150. The molecule has 0 fully saturated rings. The predicted octanol–water partition coefficient (Wildman–Crippen LogP) is -5.26. The summed E-state index contributed by atoms with van der Waals surface area (Å²) in [6.45, 7) is 0. The zero-order valence-corrected chi connectivity index (χ0v) is 3.21. The van der Waals surface area contributed by atoms with Gasteiger partial charge in [0.1, 0.15) is 0 Å². The summed E-state index contributed by atoms with van der Waals surface area (Å²) in [5, 5.41) is 0. The molecule has 8 heavy (non-hydrogen) atoms. The summed E-state index contributed by atoms with van der Waals surface area (Å²) in [4.78, 5) is 0. The van der Waals surface area contributed by atoms with E-state index in [1.54, 1.807) is 0 Å². The van der Waals surface area contributed by atoms with Gasteiger partial charge >= 0.3 is 59.1 Å². The Morgan fingerprint density at radius 2 is 0.375 bits per heavy atom. The second kappa shape index (κ2) is 170. The molecule has 13 N–H and O–H groups in total. The van der Waals surface area contributed by atoms with Crippen LogP contribution in [0.4, 0.5) is 0 Å². The van der Waals surface area contributed by atoms with Gasteiger partial charge in [0.15, 0.2) is 0 Å². The topological polar surface area (TPSA) is 192 Å². The van der Waals surface area contributed by atoms with Crippen LogP contribution < -0.4 is 6.15 Å². The van der Waals surface area contributed by atoms with E-state index in [4.69, 9.17) is 0 Å². The summed E-state index contributed by atoms with van der Waals surface area (Å²) < 4.78 is 0. The van der Waals surface area contributed by atoms with E-state index in [2.05, 4.69) is 0 Å². The molecular weight excluding hydrogens is 140 g/mol. The first-order chi connectivity index (χ1) is 0. The van der Waals surface area contributed by atoms with Crippen molar-refractivity contribution in [3.8, 4) is 0 Å². The standard InChI is InChI=1S/H3N.2Na.5H2O.2H/h1H3;;;5*1H2;;. The van der Waals surface area contributed by atoms with Crippen molar-refractivity contribution in [2.75, 3.05) is 0 Å². The van der Waals surface area contributed by atoms with E-state index < -0.39 is 0 Å². The number of hydrogen-bond acceptors (Lipinski definition) is 1. The van der Waals surface area contributed by atoms with Crippen molar-refractivity contribution in [3.63, 3.8) is 0 Å². The van der Waals surface area contributed by atoms with Crippen molar-refractivity contribution in [2.45, 2.75) is 0 Å². The Morgan fingerprint density at radius 1 is 0.375 bits per heavy atom. The van der Waals surface area contributed by atoms with Gasteiger partial charge in [0.2, 0.25) is 0 Å². The van der Waals surface area contributed by atoms with E-state index >= 15 is 0 Å². The molecule has 0 radical (unpaired) electrons. The average Bonchev–Trinajstić information content (AvgIpc) is 0. The van der Waals surface area contributed by atoms with Crippen molar-refractivity contribution in [1.82, 2.24) is 6.15 Å². The maximum absolute atomic E-state index is 0. The van der Waals surface area contributed by atoms with Gasteiger partial charge < -0.3 is 33.5 Å². The molecule has 0 aromatic rings. The summed E-state index contributed by atoms with van der Waals surface area (Å²) in [6.07, 6.45) is 0. The SMILES string of the molecule is N.O.O.O.O.O.[NaH].[NaH]. The third-order valence-corrected chi connectivity index (χ3v) is 0. The minimum atomic E-state index is 0. The first-order valence-electron chi connectivity index (χ1n) is 0. The van der Waals surface area contributed by atoms with Gasteiger partial charge in [0, 0.05) is 0 Å². The fraction of sp³-hybridized carbons (Fsp3) is 0. The van der Waals surface area contributed by atoms with Gasteiger partial charge in [-0.15, -0.1) is 0 Å². The molecule has 0 aromatic heterocycles. The molecule has 0 rings (SSSR count). The maximum atomic E-state index is 0. The molecule has 0 bridgehead atoms. The van der Waals surface area contributed by atoms with Crippen LogP contribution in [0, 0.1) is 0 Å². The van der Waals surface area contributed by atoms with E-state index in [1.165, 1.54) is 0 Å². The predicted molar refractivity (Wildman–Crippen MR) is 37.4 cm³/mol. The van der Waals surface area contributed by atoms with Crippen LogP contribution >= 0.6 is 0 Å². The zero-order valence-electron chi connectivity index (χ0n) is 3.21. The Morgan fingerprint density at radius 3 is 0.375 bits per heavy atom. The van der Waals surface area contributed by atoms with Crippen LogP contribution in [-0.2, 0) is 0 Å². The van der Waals surface area contributed by atoms with E-state index in [0.717, 1.165) is 0 Å². The van der Waals surface area contributed by atoms with E-state index in [1.807, 2.05) is 0 Å². The molecule has 52 valence electrons. The zero-order chi connectivity index (χ0) is 0. The molecule has 0 amide bonds. The van der Waals surface area contributed by atoms with Crippen LogP contribution in [-0.4, -0.2) is 86.5 Å². The van der Waals surface area contributed by atoms with Crippen LogP contribution in [0.2, 0.25) is 0 Å². The van der Waals surface area contributed by atoms with E-state index in [-0.39, 0.29) is 92.6 Å². The van der Waals surface area contributed by atoms with Gasteiger partial charge in [0.05, 0.1) is 0 Å². The molecule has 6 nitrogen and oxygen atoms in total. The molecule has 0 saturated carbocycles. The van der Waals surface area contributed by atoms with Crippen LogP contribution in [0.3, 0.4) is 0 Å². The Hall–Kier alpha value is 1.76. The van der Waals surface area contributed by atoms with Crippen LogP contribution in [0.1, 0.15) is 0 Å². The molecule has 0 aromatic carbocycles. The summed E-state index contributed by atoms with van der Waals surface area (Å²) in [7, 11) is 0. The molecule has 0 unspecified atom stereocenters. The van der Waals surface area contributed by atoms with Gasteiger partial charge in [-0.05, 0) is 0 Å². The molecule has 0 spiro atoms. The van der Waals surface area contributed by atoms with Gasteiger partial charge in [-0.3, -0.25) is 0 Å². The van der Waals surface area contributed by atoms with Gasteiger partial charge in [-0.25, -0.2) is 0 Å². The fourth-order valence-corrected chi connectivity index (χ4v) is 0. The average molecular weight is 155 g/mol. The Balaban J connectivity index is 0. The van der Waals surface area contributed by atoms with E-state index in [0.29, 0.717) is 0 Å². The third kappa shape index (κ3) is 114. The second-order valence-corrected chi connectivity index (χ2v) is 0. The van der Waals surface area contributed by atoms with Crippen molar-refractivity contribution in [3.05, 3.63) is 0 Å².